The average Bonchev–Trinajstić information content (AvgIpc) is 2.40. The van der Waals surface area contributed by atoms with Gasteiger partial charge in [0.2, 0.25) is 0 Å². The minimum Gasteiger partial charge on any atom is -0.495 e. The third kappa shape index (κ3) is 3.64. The molecule has 2 aromatic carbocycles. The van der Waals surface area contributed by atoms with Gasteiger partial charge in [0.05, 0.1) is 16.4 Å². The van der Waals surface area contributed by atoms with E-state index in [1.165, 1.54) is 0 Å². The summed E-state index contributed by atoms with van der Waals surface area (Å²) in [5.41, 5.74) is 2.03. The highest BCUT2D eigenvalue weighted by molar-refractivity contribution is 14.1. The number of halogens is 5. The van der Waals surface area contributed by atoms with Crippen molar-refractivity contribution >= 4 is 77.7 Å². The van der Waals surface area contributed by atoms with E-state index in [9.17, 15) is 0 Å². The van der Waals surface area contributed by atoms with Crippen molar-refractivity contribution in [1.29, 1.82) is 0 Å². The second kappa shape index (κ2) is 7.18. The Hall–Kier alpha value is 0.510. The number of hydrogen-bond donors (Lipinski definition) is 0. The highest BCUT2D eigenvalue weighted by atomic mass is 127. The Morgan fingerprint density at radius 2 is 1.75 bits per heavy atom. The topological polar surface area (TPSA) is 9.23 Å². The largest absolute Gasteiger partial charge is 0.495 e. The zero-order valence-corrected chi connectivity index (χ0v) is 17.1. The van der Waals surface area contributed by atoms with Gasteiger partial charge in [-0.1, -0.05) is 39.1 Å². The van der Waals surface area contributed by atoms with Crippen LogP contribution in [0.4, 0.5) is 0 Å². The van der Waals surface area contributed by atoms with Crippen LogP contribution in [0.15, 0.2) is 34.8 Å². The van der Waals surface area contributed by atoms with Crippen molar-refractivity contribution in [2.45, 2.75) is 4.83 Å². The minimum atomic E-state index is -0.0574. The average molecular weight is 551 g/mol. The van der Waals surface area contributed by atoms with Crippen LogP contribution < -0.4 is 4.74 Å². The highest BCUT2D eigenvalue weighted by Crippen LogP contribution is 2.43. The molecule has 0 bridgehead atoms. The summed E-state index contributed by atoms with van der Waals surface area (Å²) < 4.78 is 7.41. The third-order valence-corrected chi connectivity index (χ3v) is 5.76. The molecule has 0 amide bonds. The number of alkyl halides is 1. The van der Waals surface area contributed by atoms with Crippen LogP contribution in [0.1, 0.15) is 16.0 Å². The molecule has 0 aliphatic rings. The molecule has 0 saturated heterocycles. The lowest BCUT2D eigenvalue weighted by Gasteiger charge is -2.18. The van der Waals surface area contributed by atoms with Crippen molar-refractivity contribution in [3.05, 3.63) is 59.5 Å². The smallest absolute Gasteiger partial charge is 0.137 e. The van der Waals surface area contributed by atoms with Gasteiger partial charge in [-0.3, -0.25) is 0 Å². The predicted octanol–water partition coefficient (Wildman–Crippen LogP) is 6.85. The van der Waals surface area contributed by atoms with Crippen LogP contribution in [-0.2, 0) is 0 Å². The molecule has 1 nitrogen and oxygen atoms in total. The van der Waals surface area contributed by atoms with Gasteiger partial charge in [0.1, 0.15) is 5.75 Å². The Kier molecular flexibility index (Phi) is 6.06. The van der Waals surface area contributed by atoms with Crippen LogP contribution in [0.2, 0.25) is 10.0 Å². The summed E-state index contributed by atoms with van der Waals surface area (Å²) in [4.78, 5) is -0.0574. The first kappa shape index (κ1) is 16.9. The normalized spacial score (nSPS) is 12.3. The first-order chi connectivity index (χ1) is 9.43. The van der Waals surface area contributed by atoms with Crippen LogP contribution in [0.25, 0.3) is 0 Å². The van der Waals surface area contributed by atoms with Gasteiger partial charge in [0.25, 0.3) is 0 Å². The predicted molar refractivity (Wildman–Crippen MR) is 101 cm³/mol. The van der Waals surface area contributed by atoms with Crippen molar-refractivity contribution in [1.82, 2.24) is 0 Å². The maximum absolute atomic E-state index is 6.15. The van der Waals surface area contributed by atoms with E-state index in [4.69, 9.17) is 27.9 Å². The summed E-state index contributed by atoms with van der Waals surface area (Å²) >= 11 is 21.7. The van der Waals surface area contributed by atoms with E-state index >= 15 is 0 Å². The molecule has 2 rings (SSSR count). The summed E-state index contributed by atoms with van der Waals surface area (Å²) in [5.74, 6) is 0.757. The van der Waals surface area contributed by atoms with Crippen LogP contribution in [0.5, 0.6) is 5.75 Å². The Morgan fingerprint density at radius 1 is 1.10 bits per heavy atom. The standard InChI is InChI=1S/C14H9Br2Cl2IO/c1-20-14-10(5-8(18)6-11(14)15)13(16)9-4-7(17)2-3-12(9)19/h2-6,13H,1H3. The summed E-state index contributed by atoms with van der Waals surface area (Å²) in [6.07, 6.45) is 0. The Morgan fingerprint density at radius 3 is 2.40 bits per heavy atom. The van der Waals surface area contributed by atoms with E-state index in [-0.39, 0.29) is 4.83 Å². The van der Waals surface area contributed by atoms with E-state index in [1.807, 2.05) is 30.3 Å². The van der Waals surface area contributed by atoms with E-state index in [0.29, 0.717) is 10.0 Å². The zero-order chi connectivity index (χ0) is 14.9. The molecule has 6 heteroatoms. The number of methoxy groups -OCH3 is 1. The summed E-state index contributed by atoms with van der Waals surface area (Å²) in [5, 5.41) is 1.35. The Bertz CT molecular complexity index is 649. The monoisotopic (exact) mass is 548 g/mol. The molecule has 0 aliphatic carbocycles. The lowest BCUT2D eigenvalue weighted by molar-refractivity contribution is 0.408. The molecule has 1 unspecified atom stereocenters. The summed E-state index contributed by atoms with van der Waals surface area (Å²) in [6.45, 7) is 0. The third-order valence-electron chi connectivity index (χ3n) is 2.75. The lowest BCUT2D eigenvalue weighted by Crippen LogP contribution is -2.00. The quantitative estimate of drug-likeness (QED) is 0.300. The molecule has 0 aliphatic heterocycles. The van der Waals surface area contributed by atoms with Crippen LogP contribution >= 0.6 is 77.7 Å². The Labute approximate surface area is 158 Å². The Balaban J connectivity index is 2.58. The summed E-state index contributed by atoms with van der Waals surface area (Å²) in [6, 6.07) is 9.50. The SMILES string of the molecule is COc1c(Br)cc(Cl)cc1C(Br)c1cc(Cl)ccc1I. The first-order valence-corrected chi connectivity index (χ1v) is 9.10. The van der Waals surface area contributed by atoms with Crippen molar-refractivity contribution < 1.29 is 4.74 Å². The van der Waals surface area contributed by atoms with Crippen molar-refractivity contribution in [2.24, 2.45) is 0 Å². The van der Waals surface area contributed by atoms with Crippen LogP contribution in [0, 0.1) is 3.57 Å². The fourth-order valence-corrected chi connectivity index (χ4v) is 4.83. The van der Waals surface area contributed by atoms with Gasteiger partial charge < -0.3 is 4.74 Å². The van der Waals surface area contributed by atoms with Gasteiger partial charge in [-0.05, 0) is 74.4 Å². The maximum atomic E-state index is 6.15. The van der Waals surface area contributed by atoms with E-state index in [0.717, 1.165) is 24.9 Å². The molecule has 20 heavy (non-hydrogen) atoms. The number of hydrogen-bond acceptors (Lipinski definition) is 1. The van der Waals surface area contributed by atoms with E-state index in [1.54, 1.807) is 7.11 Å². The van der Waals surface area contributed by atoms with Gasteiger partial charge in [-0.2, -0.15) is 0 Å². The summed E-state index contributed by atoms with van der Waals surface area (Å²) in [7, 11) is 1.64. The molecule has 2 aromatic rings. The molecular formula is C14H9Br2Cl2IO. The van der Waals surface area contributed by atoms with Gasteiger partial charge in [0.15, 0.2) is 0 Å². The van der Waals surface area contributed by atoms with E-state index < -0.39 is 0 Å². The van der Waals surface area contributed by atoms with E-state index in [2.05, 4.69) is 54.5 Å². The van der Waals surface area contributed by atoms with Crippen molar-refractivity contribution in [3.63, 3.8) is 0 Å². The molecule has 0 heterocycles. The fraction of sp³-hybridized carbons (Fsp3) is 0.143. The number of rotatable bonds is 3. The molecule has 0 radical (unpaired) electrons. The molecule has 106 valence electrons. The molecule has 0 fully saturated rings. The van der Waals surface area contributed by atoms with Crippen molar-refractivity contribution in [2.75, 3.05) is 7.11 Å². The number of ether oxygens (including phenoxy) is 1. The van der Waals surface area contributed by atoms with Crippen LogP contribution in [-0.4, -0.2) is 7.11 Å². The van der Waals surface area contributed by atoms with Gasteiger partial charge in [0, 0.05) is 19.2 Å². The van der Waals surface area contributed by atoms with Crippen LogP contribution in [0.3, 0.4) is 0 Å². The molecular weight excluding hydrogens is 542 g/mol. The molecule has 0 spiro atoms. The fourth-order valence-electron chi connectivity index (χ4n) is 1.86. The number of benzene rings is 2. The minimum absolute atomic E-state index is 0.0574. The molecule has 0 saturated carbocycles. The molecule has 0 aromatic heterocycles. The maximum Gasteiger partial charge on any atom is 0.137 e. The lowest BCUT2D eigenvalue weighted by atomic mass is 10.0. The second-order valence-corrected chi connectivity index (χ2v) is 7.84. The second-order valence-electron chi connectivity index (χ2n) is 4.04. The first-order valence-electron chi connectivity index (χ1n) is 5.56. The zero-order valence-electron chi connectivity index (χ0n) is 10.3. The van der Waals surface area contributed by atoms with Gasteiger partial charge >= 0.3 is 0 Å². The van der Waals surface area contributed by atoms with Crippen molar-refractivity contribution in [3.8, 4) is 5.75 Å². The van der Waals surface area contributed by atoms with Gasteiger partial charge in [-0.25, -0.2) is 0 Å². The molecule has 1 atom stereocenters. The van der Waals surface area contributed by atoms with Gasteiger partial charge in [-0.15, -0.1) is 0 Å². The highest BCUT2D eigenvalue weighted by Gasteiger charge is 2.20. The molecule has 0 N–H and O–H groups in total.